The lowest BCUT2D eigenvalue weighted by molar-refractivity contribution is 0.297. The summed E-state index contributed by atoms with van der Waals surface area (Å²) < 4.78 is 24.7. The van der Waals surface area contributed by atoms with Gasteiger partial charge in [0.2, 0.25) is 0 Å². The van der Waals surface area contributed by atoms with E-state index in [1.165, 1.54) is 12.1 Å². The zero-order valence-electron chi connectivity index (χ0n) is 15.3. The van der Waals surface area contributed by atoms with Gasteiger partial charge in [-0.25, -0.2) is 9.38 Å². The number of aliphatic imine (C=N–C) groups is 1. The molecule has 1 aliphatic rings. The van der Waals surface area contributed by atoms with Crippen molar-refractivity contribution < 1.29 is 13.9 Å². The largest absolute Gasteiger partial charge is 0.490 e. The number of fused-ring (bicyclic) bond motifs is 1. The minimum absolute atomic E-state index is 0. The Balaban J connectivity index is 0.00000261. The number of ether oxygens (including phenoxy) is 2. The third-order valence-electron chi connectivity index (χ3n) is 3.92. The molecule has 1 aliphatic heterocycles. The van der Waals surface area contributed by atoms with Crippen molar-refractivity contribution in [3.05, 3.63) is 59.4 Å². The molecule has 27 heavy (non-hydrogen) atoms. The summed E-state index contributed by atoms with van der Waals surface area (Å²) in [5.74, 6) is 2.01. The maximum Gasteiger partial charge on any atom is 0.191 e. The summed E-state index contributed by atoms with van der Waals surface area (Å²) in [5, 5.41) is 6.49. The van der Waals surface area contributed by atoms with Crippen molar-refractivity contribution in [1.29, 1.82) is 0 Å². The van der Waals surface area contributed by atoms with Crippen LogP contribution in [0.2, 0.25) is 0 Å². The van der Waals surface area contributed by atoms with Crippen LogP contribution >= 0.6 is 24.0 Å². The van der Waals surface area contributed by atoms with Crippen molar-refractivity contribution in [2.24, 2.45) is 4.99 Å². The first-order valence-corrected chi connectivity index (χ1v) is 8.90. The standard InChI is InChI=1S/C20H24FN3O2.HI/c1-2-22-20(23-13-15-5-3-6-17(21)11-15)24-14-16-7-8-18-19(12-16)26-10-4-9-25-18;/h3,5-8,11-12H,2,4,9-10,13-14H2,1H3,(H2,22,23,24);1H. The van der Waals surface area contributed by atoms with E-state index in [2.05, 4.69) is 15.6 Å². The Morgan fingerprint density at radius 2 is 1.85 bits per heavy atom. The maximum absolute atomic E-state index is 13.3. The summed E-state index contributed by atoms with van der Waals surface area (Å²) in [7, 11) is 0. The normalized spacial score (nSPS) is 13.3. The molecule has 0 aliphatic carbocycles. The van der Waals surface area contributed by atoms with Crippen molar-refractivity contribution >= 4 is 29.9 Å². The molecule has 3 rings (SSSR count). The van der Waals surface area contributed by atoms with Crippen LogP contribution in [-0.2, 0) is 13.1 Å². The zero-order chi connectivity index (χ0) is 18.2. The Hall–Kier alpha value is -2.03. The predicted octanol–water partition coefficient (Wildman–Crippen LogP) is 3.86. The minimum Gasteiger partial charge on any atom is -0.490 e. The van der Waals surface area contributed by atoms with Crippen molar-refractivity contribution in [2.45, 2.75) is 26.4 Å². The van der Waals surface area contributed by atoms with Gasteiger partial charge in [-0.1, -0.05) is 18.2 Å². The summed E-state index contributed by atoms with van der Waals surface area (Å²) in [5.41, 5.74) is 1.91. The smallest absolute Gasteiger partial charge is 0.191 e. The molecule has 0 unspecified atom stereocenters. The lowest BCUT2D eigenvalue weighted by Gasteiger charge is -2.13. The molecule has 2 aromatic carbocycles. The van der Waals surface area contributed by atoms with Crippen molar-refractivity contribution in [3.63, 3.8) is 0 Å². The molecule has 5 nitrogen and oxygen atoms in total. The highest BCUT2D eigenvalue weighted by atomic mass is 127. The number of rotatable bonds is 5. The summed E-state index contributed by atoms with van der Waals surface area (Å²) in [4.78, 5) is 4.51. The fourth-order valence-electron chi connectivity index (χ4n) is 2.65. The number of halogens is 2. The Kier molecular flexibility index (Phi) is 8.63. The van der Waals surface area contributed by atoms with E-state index >= 15 is 0 Å². The third-order valence-corrected chi connectivity index (χ3v) is 3.92. The highest BCUT2D eigenvalue weighted by Gasteiger charge is 2.10. The second-order valence-electron chi connectivity index (χ2n) is 6.01. The number of hydrogen-bond donors (Lipinski definition) is 2. The molecule has 0 saturated carbocycles. The monoisotopic (exact) mass is 485 g/mol. The van der Waals surface area contributed by atoms with Crippen LogP contribution in [0.5, 0.6) is 11.5 Å². The predicted molar refractivity (Wildman–Crippen MR) is 116 cm³/mol. The fraction of sp³-hybridized carbons (Fsp3) is 0.350. The molecule has 0 radical (unpaired) electrons. The average molecular weight is 485 g/mol. The minimum atomic E-state index is -0.247. The van der Waals surface area contributed by atoms with E-state index in [4.69, 9.17) is 9.47 Å². The van der Waals surface area contributed by atoms with Gasteiger partial charge in [-0.05, 0) is 42.3 Å². The lowest BCUT2D eigenvalue weighted by Crippen LogP contribution is -2.36. The number of nitrogens with one attached hydrogen (secondary N) is 2. The molecule has 7 heteroatoms. The molecule has 0 amide bonds. The highest BCUT2D eigenvalue weighted by Crippen LogP contribution is 2.30. The van der Waals surface area contributed by atoms with Gasteiger partial charge < -0.3 is 20.1 Å². The van der Waals surface area contributed by atoms with Gasteiger partial charge in [0.1, 0.15) is 5.82 Å². The molecule has 0 bridgehead atoms. The second-order valence-corrected chi connectivity index (χ2v) is 6.01. The molecule has 2 N–H and O–H groups in total. The van der Waals surface area contributed by atoms with Gasteiger partial charge >= 0.3 is 0 Å². The number of guanidine groups is 1. The topological polar surface area (TPSA) is 54.9 Å². The Morgan fingerprint density at radius 3 is 2.63 bits per heavy atom. The van der Waals surface area contributed by atoms with Crippen LogP contribution in [0, 0.1) is 5.82 Å². The Labute approximate surface area is 176 Å². The first-order chi connectivity index (χ1) is 12.7. The van der Waals surface area contributed by atoms with Crippen molar-refractivity contribution in [2.75, 3.05) is 19.8 Å². The molecule has 0 aromatic heterocycles. The van der Waals surface area contributed by atoms with Crippen LogP contribution in [0.3, 0.4) is 0 Å². The molecular formula is C20H25FIN3O2. The van der Waals surface area contributed by atoms with Crippen LogP contribution < -0.4 is 20.1 Å². The van der Waals surface area contributed by atoms with Crippen molar-refractivity contribution in [3.8, 4) is 11.5 Å². The average Bonchev–Trinajstić information content (AvgIpc) is 2.89. The van der Waals surface area contributed by atoms with Gasteiger partial charge in [-0.15, -0.1) is 24.0 Å². The van der Waals surface area contributed by atoms with Gasteiger partial charge in [0.05, 0.1) is 19.8 Å². The van der Waals surface area contributed by atoms with Crippen molar-refractivity contribution in [1.82, 2.24) is 10.6 Å². The van der Waals surface area contributed by atoms with Crippen LogP contribution in [0.15, 0.2) is 47.5 Å². The lowest BCUT2D eigenvalue weighted by atomic mass is 10.2. The van der Waals surface area contributed by atoms with E-state index in [0.29, 0.717) is 32.3 Å². The SMILES string of the molecule is CCNC(=NCc1cccc(F)c1)NCc1ccc2c(c1)OCCCO2.I. The van der Waals surface area contributed by atoms with Crippen LogP contribution in [0.1, 0.15) is 24.5 Å². The third kappa shape index (κ3) is 6.57. The zero-order valence-corrected chi connectivity index (χ0v) is 17.7. The molecule has 0 spiro atoms. The molecule has 2 aromatic rings. The summed E-state index contributed by atoms with van der Waals surface area (Å²) in [6.45, 7) is 5.12. The van der Waals surface area contributed by atoms with E-state index in [0.717, 1.165) is 35.6 Å². The van der Waals surface area contributed by atoms with Gasteiger partial charge in [0.15, 0.2) is 17.5 Å². The van der Waals surface area contributed by atoms with Gasteiger partial charge in [0, 0.05) is 19.5 Å². The van der Waals surface area contributed by atoms with E-state index in [-0.39, 0.29) is 29.8 Å². The Morgan fingerprint density at radius 1 is 1.04 bits per heavy atom. The van der Waals surface area contributed by atoms with Gasteiger partial charge in [-0.3, -0.25) is 0 Å². The number of hydrogen-bond acceptors (Lipinski definition) is 3. The molecule has 0 fully saturated rings. The summed E-state index contributed by atoms with van der Waals surface area (Å²) in [6.07, 6.45) is 0.888. The molecule has 0 saturated heterocycles. The highest BCUT2D eigenvalue weighted by molar-refractivity contribution is 14.0. The van der Waals surface area contributed by atoms with E-state index in [9.17, 15) is 4.39 Å². The van der Waals surface area contributed by atoms with Crippen LogP contribution in [0.4, 0.5) is 4.39 Å². The number of nitrogens with zero attached hydrogens (tertiary/aromatic N) is 1. The maximum atomic E-state index is 13.3. The van der Waals surface area contributed by atoms with Crippen LogP contribution in [-0.4, -0.2) is 25.7 Å². The van der Waals surface area contributed by atoms with Gasteiger partial charge in [0.25, 0.3) is 0 Å². The molecule has 1 heterocycles. The van der Waals surface area contributed by atoms with Crippen LogP contribution in [0.25, 0.3) is 0 Å². The molecule has 0 atom stereocenters. The molecule has 146 valence electrons. The van der Waals surface area contributed by atoms with Gasteiger partial charge in [-0.2, -0.15) is 0 Å². The number of benzene rings is 2. The van der Waals surface area contributed by atoms with E-state index < -0.39 is 0 Å². The Bertz CT molecular complexity index is 771. The molecular weight excluding hydrogens is 460 g/mol. The van der Waals surface area contributed by atoms with E-state index in [1.807, 2.05) is 31.2 Å². The summed E-state index contributed by atoms with van der Waals surface area (Å²) in [6, 6.07) is 12.4. The van der Waals surface area contributed by atoms with E-state index in [1.54, 1.807) is 6.07 Å². The fourth-order valence-corrected chi connectivity index (χ4v) is 2.65. The quantitative estimate of drug-likeness (QED) is 0.384. The first-order valence-electron chi connectivity index (χ1n) is 8.90. The first kappa shape index (κ1) is 21.3. The second kappa shape index (κ2) is 11.0. The summed E-state index contributed by atoms with van der Waals surface area (Å²) >= 11 is 0.